The highest BCUT2D eigenvalue weighted by molar-refractivity contribution is 5.34. The molecule has 5 nitrogen and oxygen atoms in total. The molecule has 1 aromatic carbocycles. The third-order valence-corrected chi connectivity index (χ3v) is 3.27. The molecule has 0 aliphatic carbocycles. The molecular formula is C15H24N2O3. The van der Waals surface area contributed by atoms with Gasteiger partial charge in [0.2, 0.25) is 0 Å². The molecule has 0 saturated carbocycles. The van der Waals surface area contributed by atoms with Crippen LogP contribution in [0.25, 0.3) is 0 Å². The summed E-state index contributed by atoms with van der Waals surface area (Å²) >= 11 is 0. The minimum Gasteiger partial charge on any atom is -0.395 e. The molecule has 5 heteroatoms. The van der Waals surface area contributed by atoms with Crippen molar-refractivity contribution in [2.75, 3.05) is 19.7 Å². The maximum Gasteiger partial charge on any atom is 0.269 e. The molecule has 0 spiro atoms. The first-order chi connectivity index (χ1) is 9.67. The van der Waals surface area contributed by atoms with Gasteiger partial charge in [-0.15, -0.1) is 0 Å². The maximum absolute atomic E-state index is 10.8. The molecular weight excluding hydrogens is 256 g/mol. The molecule has 1 rings (SSSR count). The fourth-order valence-corrected chi connectivity index (χ4v) is 2.20. The molecule has 0 unspecified atom stereocenters. The van der Waals surface area contributed by atoms with Gasteiger partial charge in [-0.05, 0) is 18.5 Å². The quantitative estimate of drug-likeness (QED) is 0.406. The summed E-state index contributed by atoms with van der Waals surface area (Å²) < 4.78 is 0. The highest BCUT2D eigenvalue weighted by atomic mass is 16.6. The van der Waals surface area contributed by atoms with Gasteiger partial charge in [0.25, 0.3) is 5.69 Å². The van der Waals surface area contributed by atoms with Crippen LogP contribution in [0.2, 0.25) is 0 Å². The number of hydrogen-bond acceptors (Lipinski definition) is 4. The van der Waals surface area contributed by atoms with E-state index in [0.29, 0.717) is 13.1 Å². The number of nitro benzene ring substituents is 1. The summed E-state index contributed by atoms with van der Waals surface area (Å²) in [5.74, 6) is 0. The van der Waals surface area contributed by atoms with Crippen molar-refractivity contribution in [2.45, 2.75) is 39.2 Å². The molecule has 1 N–H and O–H groups in total. The van der Waals surface area contributed by atoms with Crippen LogP contribution in [-0.2, 0) is 6.54 Å². The fourth-order valence-electron chi connectivity index (χ4n) is 2.20. The topological polar surface area (TPSA) is 66.6 Å². The van der Waals surface area contributed by atoms with E-state index >= 15 is 0 Å². The third kappa shape index (κ3) is 6.12. The lowest BCUT2D eigenvalue weighted by Gasteiger charge is -2.21. The van der Waals surface area contributed by atoms with E-state index in [9.17, 15) is 10.1 Å². The Morgan fingerprint density at radius 3 is 2.70 bits per heavy atom. The van der Waals surface area contributed by atoms with Crippen molar-refractivity contribution in [1.82, 2.24) is 4.90 Å². The molecule has 0 aliphatic rings. The molecule has 0 atom stereocenters. The molecule has 0 aliphatic heterocycles. The van der Waals surface area contributed by atoms with Gasteiger partial charge in [0, 0.05) is 25.2 Å². The van der Waals surface area contributed by atoms with Crippen molar-refractivity contribution in [3.8, 4) is 0 Å². The molecule has 0 radical (unpaired) electrons. The van der Waals surface area contributed by atoms with Crippen LogP contribution >= 0.6 is 0 Å². The Labute approximate surface area is 120 Å². The minimum atomic E-state index is -0.374. The number of hydrogen-bond donors (Lipinski definition) is 1. The zero-order valence-electron chi connectivity index (χ0n) is 12.1. The van der Waals surface area contributed by atoms with E-state index < -0.39 is 0 Å². The Kier molecular flexibility index (Phi) is 7.84. The summed E-state index contributed by atoms with van der Waals surface area (Å²) in [4.78, 5) is 12.5. The number of nitrogens with zero attached hydrogens (tertiary/aromatic N) is 2. The zero-order valence-corrected chi connectivity index (χ0v) is 12.1. The second kappa shape index (κ2) is 9.44. The number of benzene rings is 1. The van der Waals surface area contributed by atoms with Crippen molar-refractivity contribution >= 4 is 5.69 Å². The lowest BCUT2D eigenvalue weighted by molar-refractivity contribution is -0.384. The smallest absolute Gasteiger partial charge is 0.269 e. The van der Waals surface area contributed by atoms with Crippen LogP contribution in [0.3, 0.4) is 0 Å². The molecule has 0 fully saturated rings. The number of non-ortho nitro benzene ring substituents is 1. The van der Waals surface area contributed by atoms with Crippen LogP contribution in [0.1, 0.15) is 38.2 Å². The van der Waals surface area contributed by atoms with Crippen molar-refractivity contribution in [3.05, 3.63) is 39.9 Å². The fraction of sp³-hybridized carbons (Fsp3) is 0.600. The Bertz CT molecular complexity index is 410. The molecule has 0 aromatic heterocycles. The van der Waals surface area contributed by atoms with Crippen LogP contribution < -0.4 is 0 Å². The third-order valence-electron chi connectivity index (χ3n) is 3.27. The first-order valence-electron chi connectivity index (χ1n) is 7.24. The number of unbranched alkanes of at least 4 members (excludes halogenated alkanes) is 3. The van der Waals surface area contributed by atoms with Gasteiger partial charge in [-0.25, -0.2) is 0 Å². The van der Waals surface area contributed by atoms with Gasteiger partial charge < -0.3 is 5.11 Å². The highest BCUT2D eigenvalue weighted by Gasteiger charge is 2.09. The summed E-state index contributed by atoms with van der Waals surface area (Å²) in [6.07, 6.45) is 4.71. The number of aliphatic hydroxyl groups is 1. The van der Waals surface area contributed by atoms with Crippen LogP contribution in [-0.4, -0.2) is 34.6 Å². The summed E-state index contributed by atoms with van der Waals surface area (Å²) in [7, 11) is 0. The average molecular weight is 280 g/mol. The average Bonchev–Trinajstić information content (AvgIpc) is 2.44. The van der Waals surface area contributed by atoms with Crippen molar-refractivity contribution in [2.24, 2.45) is 0 Å². The van der Waals surface area contributed by atoms with E-state index in [-0.39, 0.29) is 17.2 Å². The predicted molar refractivity (Wildman–Crippen MR) is 79.6 cm³/mol. The van der Waals surface area contributed by atoms with Crippen molar-refractivity contribution < 1.29 is 10.0 Å². The van der Waals surface area contributed by atoms with E-state index in [4.69, 9.17) is 5.11 Å². The normalized spacial score (nSPS) is 10.9. The van der Waals surface area contributed by atoms with E-state index in [1.54, 1.807) is 12.1 Å². The summed E-state index contributed by atoms with van der Waals surface area (Å²) in [6, 6.07) is 6.71. The van der Waals surface area contributed by atoms with E-state index in [0.717, 1.165) is 18.5 Å². The first-order valence-corrected chi connectivity index (χ1v) is 7.24. The second-order valence-electron chi connectivity index (χ2n) is 4.99. The number of nitro groups is 1. The largest absolute Gasteiger partial charge is 0.395 e. The van der Waals surface area contributed by atoms with Gasteiger partial charge in [-0.3, -0.25) is 15.0 Å². The molecule has 0 heterocycles. The lowest BCUT2D eigenvalue weighted by Crippen LogP contribution is -2.27. The highest BCUT2D eigenvalue weighted by Crippen LogP contribution is 2.15. The summed E-state index contributed by atoms with van der Waals surface area (Å²) in [5.41, 5.74) is 1.04. The first kappa shape index (κ1) is 16.6. The Morgan fingerprint density at radius 1 is 1.25 bits per heavy atom. The minimum absolute atomic E-state index is 0.114. The van der Waals surface area contributed by atoms with Crippen LogP contribution in [0.15, 0.2) is 24.3 Å². The van der Waals surface area contributed by atoms with Crippen molar-refractivity contribution in [1.29, 1.82) is 0 Å². The van der Waals surface area contributed by atoms with Gasteiger partial charge >= 0.3 is 0 Å². The van der Waals surface area contributed by atoms with E-state index in [1.165, 1.54) is 25.3 Å². The Hall–Kier alpha value is -1.46. The Morgan fingerprint density at radius 2 is 2.05 bits per heavy atom. The van der Waals surface area contributed by atoms with Crippen LogP contribution in [0.5, 0.6) is 0 Å². The van der Waals surface area contributed by atoms with E-state index in [1.807, 2.05) is 6.07 Å². The predicted octanol–water partition coefficient (Wildman–Crippen LogP) is 2.97. The van der Waals surface area contributed by atoms with Gasteiger partial charge in [-0.2, -0.15) is 0 Å². The standard InChI is InChI=1S/C15H24N2O3/c1-2-3-4-5-9-16(10-11-18)13-14-7-6-8-15(12-14)17(19)20/h6-8,12,18H,2-5,9-11,13H2,1H3. The Balaban J connectivity index is 2.55. The lowest BCUT2D eigenvalue weighted by atomic mass is 10.1. The van der Waals surface area contributed by atoms with Gasteiger partial charge in [0.05, 0.1) is 11.5 Å². The number of rotatable bonds is 10. The maximum atomic E-state index is 10.8. The summed E-state index contributed by atoms with van der Waals surface area (Å²) in [6.45, 7) is 4.46. The van der Waals surface area contributed by atoms with Crippen LogP contribution in [0, 0.1) is 10.1 Å². The zero-order chi connectivity index (χ0) is 14.8. The van der Waals surface area contributed by atoms with Crippen LogP contribution in [0.4, 0.5) is 5.69 Å². The molecule has 0 amide bonds. The number of aliphatic hydroxyl groups excluding tert-OH is 1. The van der Waals surface area contributed by atoms with Gasteiger partial charge in [0.1, 0.15) is 0 Å². The second-order valence-corrected chi connectivity index (χ2v) is 4.99. The molecule has 1 aromatic rings. The van der Waals surface area contributed by atoms with Gasteiger partial charge in [-0.1, -0.05) is 38.3 Å². The molecule has 0 saturated heterocycles. The monoisotopic (exact) mass is 280 g/mol. The summed E-state index contributed by atoms with van der Waals surface area (Å²) in [5, 5.41) is 19.9. The van der Waals surface area contributed by atoms with Crippen molar-refractivity contribution in [3.63, 3.8) is 0 Å². The molecule has 112 valence electrons. The van der Waals surface area contributed by atoms with Gasteiger partial charge in [0.15, 0.2) is 0 Å². The SMILES string of the molecule is CCCCCCN(CCO)Cc1cccc([N+](=O)[O-])c1. The van der Waals surface area contributed by atoms with E-state index in [2.05, 4.69) is 11.8 Å². The molecule has 20 heavy (non-hydrogen) atoms. The molecule has 0 bridgehead atoms.